The number of amides is 1. The molecule has 0 atom stereocenters. The minimum Gasteiger partial charge on any atom is -0.505 e. The number of aromatic nitrogens is 3. The predicted octanol–water partition coefficient (Wildman–Crippen LogP) is 4.58. The normalized spacial score (nSPS) is 14.9. The topological polar surface area (TPSA) is 82.1 Å². The van der Waals surface area contributed by atoms with Gasteiger partial charge in [0.2, 0.25) is 5.82 Å². The third kappa shape index (κ3) is 4.38. The van der Waals surface area contributed by atoms with Crippen molar-refractivity contribution < 1.29 is 9.90 Å². The number of aromatic amines is 1. The number of piperidine rings is 1. The Morgan fingerprint density at radius 1 is 1.10 bits per heavy atom. The van der Waals surface area contributed by atoms with Crippen LogP contribution in [0.4, 0.5) is 0 Å². The summed E-state index contributed by atoms with van der Waals surface area (Å²) in [6.45, 7) is 1.40. The zero-order chi connectivity index (χ0) is 20.4. The lowest BCUT2D eigenvalue weighted by molar-refractivity contribution is 0.0678. The Morgan fingerprint density at radius 2 is 1.76 bits per heavy atom. The highest BCUT2D eigenvalue weighted by Gasteiger charge is 2.26. The first kappa shape index (κ1) is 19.7. The number of H-pyrrole nitrogens is 1. The van der Waals surface area contributed by atoms with Crippen LogP contribution in [0.15, 0.2) is 42.5 Å². The van der Waals surface area contributed by atoms with Crippen LogP contribution in [-0.4, -0.2) is 44.2 Å². The number of halogens is 2. The van der Waals surface area contributed by atoms with Gasteiger partial charge in [0.25, 0.3) is 5.91 Å². The van der Waals surface area contributed by atoms with Crippen molar-refractivity contribution in [3.63, 3.8) is 0 Å². The number of aromatic hydroxyl groups is 1. The van der Waals surface area contributed by atoms with Gasteiger partial charge in [-0.25, -0.2) is 0 Å². The third-order valence-corrected chi connectivity index (χ3v) is 5.82. The van der Waals surface area contributed by atoms with Crippen molar-refractivity contribution in [3.05, 3.63) is 63.9 Å². The summed E-state index contributed by atoms with van der Waals surface area (Å²) in [6, 6.07) is 13.5. The van der Waals surface area contributed by atoms with Crippen molar-refractivity contribution in [1.82, 2.24) is 20.1 Å². The fraction of sp³-hybridized carbons (Fsp3) is 0.286. The summed E-state index contributed by atoms with van der Waals surface area (Å²) in [6.07, 6.45) is 2.97. The van der Waals surface area contributed by atoms with Crippen molar-refractivity contribution in [2.45, 2.75) is 19.3 Å². The average molecular weight is 431 g/mol. The number of rotatable bonds is 4. The zero-order valence-electron chi connectivity index (χ0n) is 15.6. The molecule has 0 aliphatic carbocycles. The summed E-state index contributed by atoms with van der Waals surface area (Å²) < 4.78 is 0. The van der Waals surface area contributed by atoms with Gasteiger partial charge in [0.1, 0.15) is 0 Å². The number of phenols is 1. The predicted molar refractivity (Wildman–Crippen MR) is 112 cm³/mol. The summed E-state index contributed by atoms with van der Waals surface area (Å²) in [7, 11) is 0. The molecule has 1 aliphatic rings. The maximum atomic E-state index is 12.8. The van der Waals surface area contributed by atoms with E-state index in [-0.39, 0.29) is 27.5 Å². The van der Waals surface area contributed by atoms with E-state index < -0.39 is 0 Å². The standard InChI is InChI=1S/C21H20Cl2N4O2/c22-16-11-15(12-17(23)18(16)28)19-24-20(26-25-19)21(29)27-8-6-14(7-9-27)10-13-4-2-1-3-5-13/h1-5,11-12,14,28H,6-10H2,(H,24,25,26). The van der Waals surface area contributed by atoms with E-state index >= 15 is 0 Å². The molecule has 3 aromatic rings. The Bertz CT molecular complexity index is 992. The van der Waals surface area contributed by atoms with Crippen LogP contribution in [-0.2, 0) is 6.42 Å². The van der Waals surface area contributed by atoms with Crippen molar-refractivity contribution >= 4 is 29.1 Å². The number of hydrogen-bond donors (Lipinski definition) is 2. The molecule has 8 heteroatoms. The lowest BCUT2D eigenvalue weighted by Gasteiger charge is -2.31. The lowest BCUT2D eigenvalue weighted by Crippen LogP contribution is -2.39. The van der Waals surface area contributed by atoms with E-state index in [1.165, 1.54) is 17.7 Å². The minimum atomic E-state index is -0.189. The molecule has 0 unspecified atom stereocenters. The smallest absolute Gasteiger partial charge is 0.291 e. The van der Waals surface area contributed by atoms with Crippen LogP contribution in [0.2, 0.25) is 10.0 Å². The van der Waals surface area contributed by atoms with Gasteiger partial charge < -0.3 is 15.0 Å². The summed E-state index contributed by atoms with van der Waals surface area (Å²) in [5.41, 5.74) is 1.88. The monoisotopic (exact) mass is 430 g/mol. The highest BCUT2D eigenvalue weighted by molar-refractivity contribution is 6.37. The fourth-order valence-electron chi connectivity index (χ4n) is 3.63. The maximum absolute atomic E-state index is 12.8. The minimum absolute atomic E-state index is 0.109. The number of phenolic OH excluding ortho intramolecular Hbond substituents is 1. The number of likely N-dealkylation sites (tertiary alicyclic amines) is 1. The number of carbonyl (C=O) groups excluding carboxylic acids is 1. The van der Waals surface area contributed by atoms with Gasteiger partial charge in [0.05, 0.1) is 10.0 Å². The van der Waals surface area contributed by atoms with Crippen molar-refractivity contribution in [3.8, 4) is 17.1 Å². The quantitative estimate of drug-likeness (QED) is 0.634. The largest absolute Gasteiger partial charge is 0.505 e. The molecule has 1 saturated heterocycles. The Labute approximate surface area is 178 Å². The summed E-state index contributed by atoms with van der Waals surface area (Å²) >= 11 is 11.9. The molecule has 2 N–H and O–H groups in total. The molecule has 2 aromatic carbocycles. The van der Waals surface area contributed by atoms with Crippen molar-refractivity contribution in [2.24, 2.45) is 5.92 Å². The summed E-state index contributed by atoms with van der Waals surface area (Å²) in [5, 5.41) is 17.9. The second-order valence-electron chi connectivity index (χ2n) is 7.24. The van der Waals surface area contributed by atoms with Crippen LogP contribution in [0.1, 0.15) is 29.0 Å². The van der Waals surface area contributed by atoms with Gasteiger partial charge in [-0.15, -0.1) is 10.2 Å². The van der Waals surface area contributed by atoms with E-state index in [1.807, 2.05) is 11.0 Å². The first-order valence-electron chi connectivity index (χ1n) is 9.45. The van der Waals surface area contributed by atoms with E-state index in [9.17, 15) is 9.90 Å². The van der Waals surface area contributed by atoms with E-state index in [1.54, 1.807) is 0 Å². The van der Waals surface area contributed by atoms with Crippen LogP contribution in [0, 0.1) is 5.92 Å². The first-order chi connectivity index (χ1) is 14.0. The molecule has 0 bridgehead atoms. The Kier molecular flexibility index (Phi) is 5.74. The van der Waals surface area contributed by atoms with E-state index in [4.69, 9.17) is 23.2 Å². The molecule has 2 heterocycles. The molecule has 1 fully saturated rings. The molecule has 150 valence electrons. The van der Waals surface area contributed by atoms with Gasteiger partial charge in [0.15, 0.2) is 11.6 Å². The van der Waals surface area contributed by atoms with Gasteiger partial charge in [-0.3, -0.25) is 4.79 Å². The highest BCUT2D eigenvalue weighted by atomic mass is 35.5. The Hall–Kier alpha value is -2.57. The molecule has 1 aromatic heterocycles. The molecule has 1 amide bonds. The SMILES string of the molecule is O=C(c1nnc(-c2cc(Cl)c(O)c(Cl)c2)[nH]1)N1CCC(Cc2ccccc2)CC1. The van der Waals surface area contributed by atoms with Crippen molar-refractivity contribution in [1.29, 1.82) is 0 Å². The van der Waals surface area contributed by atoms with Crippen LogP contribution in [0.25, 0.3) is 11.4 Å². The first-order valence-corrected chi connectivity index (χ1v) is 10.2. The van der Waals surface area contributed by atoms with Gasteiger partial charge in [0, 0.05) is 18.7 Å². The van der Waals surface area contributed by atoms with Gasteiger partial charge in [-0.05, 0) is 42.9 Å². The van der Waals surface area contributed by atoms with E-state index in [0.29, 0.717) is 30.4 Å². The van der Waals surface area contributed by atoms with Gasteiger partial charge >= 0.3 is 0 Å². The second-order valence-corrected chi connectivity index (χ2v) is 8.05. The number of benzene rings is 2. The molecule has 6 nitrogen and oxygen atoms in total. The molecule has 4 rings (SSSR count). The van der Waals surface area contributed by atoms with Crippen LogP contribution >= 0.6 is 23.2 Å². The molecule has 29 heavy (non-hydrogen) atoms. The fourth-order valence-corrected chi connectivity index (χ4v) is 4.11. The highest BCUT2D eigenvalue weighted by Crippen LogP contribution is 2.35. The molecule has 0 saturated carbocycles. The average Bonchev–Trinajstić information content (AvgIpc) is 3.23. The summed E-state index contributed by atoms with van der Waals surface area (Å²) in [4.78, 5) is 17.5. The van der Waals surface area contributed by atoms with Crippen LogP contribution in [0.5, 0.6) is 5.75 Å². The molecular formula is C21H20Cl2N4O2. The molecule has 0 spiro atoms. The second kappa shape index (κ2) is 8.43. The number of carbonyl (C=O) groups is 1. The zero-order valence-corrected chi connectivity index (χ0v) is 17.1. The number of hydrogen-bond acceptors (Lipinski definition) is 4. The van der Waals surface area contributed by atoms with Gasteiger partial charge in [-0.1, -0.05) is 53.5 Å². The molecular weight excluding hydrogens is 411 g/mol. The summed E-state index contributed by atoms with van der Waals surface area (Å²) in [5.74, 6) is 0.773. The number of nitrogens with zero attached hydrogens (tertiary/aromatic N) is 3. The van der Waals surface area contributed by atoms with Gasteiger partial charge in [-0.2, -0.15) is 0 Å². The Morgan fingerprint density at radius 3 is 2.41 bits per heavy atom. The molecule has 1 aliphatic heterocycles. The number of nitrogens with one attached hydrogen (secondary N) is 1. The maximum Gasteiger partial charge on any atom is 0.291 e. The lowest BCUT2D eigenvalue weighted by atomic mass is 9.90. The van der Waals surface area contributed by atoms with E-state index in [0.717, 1.165) is 19.3 Å². The third-order valence-electron chi connectivity index (χ3n) is 5.25. The van der Waals surface area contributed by atoms with Crippen LogP contribution in [0.3, 0.4) is 0 Å². The Balaban J connectivity index is 1.40. The van der Waals surface area contributed by atoms with Crippen LogP contribution < -0.4 is 0 Å². The molecule has 0 radical (unpaired) electrons. The van der Waals surface area contributed by atoms with E-state index in [2.05, 4.69) is 39.4 Å². The van der Waals surface area contributed by atoms with Crippen molar-refractivity contribution in [2.75, 3.05) is 13.1 Å².